The van der Waals surface area contributed by atoms with Crippen LogP contribution in [0.3, 0.4) is 0 Å². The summed E-state index contributed by atoms with van der Waals surface area (Å²) in [7, 11) is 0. The number of nitrogens with one attached hydrogen (secondary N) is 1. The smallest absolute Gasteiger partial charge is 0.243 e. The number of anilines is 3. The molecule has 4 N–H and O–H groups in total. The van der Waals surface area contributed by atoms with E-state index in [9.17, 15) is 5.11 Å². The monoisotopic (exact) mass is 279 g/mol. The van der Waals surface area contributed by atoms with E-state index < -0.39 is 5.60 Å². The first-order valence-corrected chi connectivity index (χ1v) is 7.02. The van der Waals surface area contributed by atoms with Crippen molar-refractivity contribution in [2.75, 3.05) is 41.4 Å². The Morgan fingerprint density at radius 2 is 1.75 bits per heavy atom. The van der Waals surface area contributed by atoms with Crippen molar-refractivity contribution < 1.29 is 5.11 Å². The van der Waals surface area contributed by atoms with Crippen molar-refractivity contribution in [1.82, 2.24) is 15.0 Å². The minimum absolute atomic E-state index is 0.364. The number of hydrazine groups is 1. The summed E-state index contributed by atoms with van der Waals surface area (Å²) in [5.41, 5.74) is 1.81. The fourth-order valence-corrected chi connectivity index (χ4v) is 2.73. The Bertz CT molecular complexity index is 487. The van der Waals surface area contributed by atoms with Crippen LogP contribution in [-0.4, -0.2) is 51.8 Å². The molecule has 20 heavy (non-hydrogen) atoms. The molecule has 1 aromatic heterocycles. The zero-order valence-electron chi connectivity index (χ0n) is 11.7. The molecular weight excluding hydrogens is 258 g/mol. The number of rotatable bonds is 3. The summed E-state index contributed by atoms with van der Waals surface area (Å²) in [5.74, 6) is 7.05. The van der Waals surface area contributed by atoms with E-state index in [-0.39, 0.29) is 0 Å². The summed E-state index contributed by atoms with van der Waals surface area (Å²) >= 11 is 0. The summed E-state index contributed by atoms with van der Waals surface area (Å²) in [6.07, 6.45) is 3.03. The first-order chi connectivity index (χ1) is 9.57. The number of hydrogen-bond donors (Lipinski definition) is 3. The van der Waals surface area contributed by atoms with Gasteiger partial charge in [-0.05, 0) is 26.2 Å². The van der Waals surface area contributed by atoms with Crippen molar-refractivity contribution in [3.8, 4) is 0 Å². The second-order valence-electron chi connectivity index (χ2n) is 5.77. The molecule has 8 nitrogen and oxygen atoms in total. The number of nitrogens with two attached hydrogens (primary N) is 1. The van der Waals surface area contributed by atoms with E-state index in [0.717, 1.165) is 32.5 Å². The molecule has 0 saturated carbocycles. The van der Waals surface area contributed by atoms with E-state index in [1.807, 2.05) is 11.8 Å². The van der Waals surface area contributed by atoms with Crippen molar-refractivity contribution in [3.63, 3.8) is 0 Å². The lowest BCUT2D eigenvalue weighted by atomic mass is 10.1. The third-order valence-electron chi connectivity index (χ3n) is 3.86. The van der Waals surface area contributed by atoms with Crippen LogP contribution < -0.4 is 21.1 Å². The van der Waals surface area contributed by atoms with Gasteiger partial charge in [0.25, 0.3) is 0 Å². The van der Waals surface area contributed by atoms with E-state index in [1.165, 1.54) is 0 Å². The lowest BCUT2D eigenvalue weighted by Crippen LogP contribution is -2.31. The second-order valence-corrected chi connectivity index (χ2v) is 5.77. The molecule has 2 fully saturated rings. The molecule has 0 aliphatic carbocycles. The highest BCUT2D eigenvalue weighted by Gasteiger charge is 2.33. The first kappa shape index (κ1) is 13.3. The molecule has 1 aromatic rings. The maximum absolute atomic E-state index is 10.1. The number of aliphatic hydroxyl groups is 1. The topological polar surface area (TPSA) is 103 Å². The molecule has 8 heteroatoms. The van der Waals surface area contributed by atoms with Gasteiger partial charge in [-0.1, -0.05) is 0 Å². The fourth-order valence-electron chi connectivity index (χ4n) is 2.73. The molecule has 2 aliphatic heterocycles. The highest BCUT2D eigenvalue weighted by atomic mass is 16.3. The molecule has 1 unspecified atom stereocenters. The predicted octanol–water partition coefficient (Wildman–Crippen LogP) is -0.281. The average molecular weight is 279 g/mol. The van der Waals surface area contributed by atoms with Gasteiger partial charge in [0.2, 0.25) is 17.8 Å². The maximum Gasteiger partial charge on any atom is 0.243 e. The molecule has 3 rings (SSSR count). The number of hydrogen-bond acceptors (Lipinski definition) is 8. The summed E-state index contributed by atoms with van der Waals surface area (Å²) < 4.78 is 0. The van der Waals surface area contributed by atoms with Gasteiger partial charge >= 0.3 is 0 Å². The second kappa shape index (κ2) is 5.02. The van der Waals surface area contributed by atoms with Gasteiger partial charge in [0, 0.05) is 26.2 Å². The van der Waals surface area contributed by atoms with E-state index >= 15 is 0 Å². The lowest BCUT2D eigenvalue weighted by Gasteiger charge is -2.21. The lowest BCUT2D eigenvalue weighted by molar-refractivity contribution is 0.0838. The Balaban J connectivity index is 1.88. The van der Waals surface area contributed by atoms with E-state index in [2.05, 4.69) is 25.3 Å². The molecule has 0 spiro atoms. The van der Waals surface area contributed by atoms with Gasteiger partial charge in [-0.2, -0.15) is 15.0 Å². The van der Waals surface area contributed by atoms with Crippen LogP contribution >= 0.6 is 0 Å². The van der Waals surface area contributed by atoms with Crippen LogP contribution in [0, 0.1) is 0 Å². The first-order valence-electron chi connectivity index (χ1n) is 7.02. The molecule has 0 amide bonds. The van der Waals surface area contributed by atoms with Gasteiger partial charge < -0.3 is 14.9 Å². The quantitative estimate of drug-likeness (QED) is 0.512. The summed E-state index contributed by atoms with van der Waals surface area (Å²) in [6.45, 7) is 5.02. The Morgan fingerprint density at radius 1 is 1.10 bits per heavy atom. The summed E-state index contributed by atoms with van der Waals surface area (Å²) in [5, 5.41) is 10.1. The maximum atomic E-state index is 10.1. The van der Waals surface area contributed by atoms with Crippen molar-refractivity contribution in [2.45, 2.75) is 31.8 Å². The summed E-state index contributed by atoms with van der Waals surface area (Å²) in [4.78, 5) is 17.3. The Morgan fingerprint density at radius 3 is 2.30 bits per heavy atom. The van der Waals surface area contributed by atoms with Crippen molar-refractivity contribution in [3.05, 3.63) is 0 Å². The van der Waals surface area contributed by atoms with Crippen LogP contribution in [0.25, 0.3) is 0 Å². The number of nitrogen functional groups attached to an aromatic ring is 1. The molecule has 110 valence electrons. The third kappa shape index (κ3) is 2.61. The fraction of sp³-hybridized carbons (Fsp3) is 0.750. The van der Waals surface area contributed by atoms with Gasteiger partial charge in [-0.3, -0.25) is 5.43 Å². The SMILES string of the molecule is CC1(O)CCN(c2nc(NN)nc(N3CCCC3)n2)C1. The van der Waals surface area contributed by atoms with Crippen LogP contribution in [0.2, 0.25) is 0 Å². The van der Waals surface area contributed by atoms with Crippen molar-refractivity contribution in [1.29, 1.82) is 0 Å². The minimum atomic E-state index is -0.684. The molecule has 2 aliphatic rings. The molecule has 3 heterocycles. The Labute approximate surface area is 118 Å². The standard InChI is InChI=1S/C12H21N7O/c1-12(20)4-7-19(8-12)11-15-9(17-13)14-10(16-11)18-5-2-3-6-18/h20H,2-8,13H2,1H3,(H,14,15,16,17). The van der Waals surface area contributed by atoms with Gasteiger partial charge in [0.1, 0.15) is 0 Å². The van der Waals surface area contributed by atoms with Gasteiger partial charge in [-0.25, -0.2) is 5.84 Å². The minimum Gasteiger partial charge on any atom is -0.388 e. The number of nitrogens with zero attached hydrogens (tertiary/aromatic N) is 5. The van der Waals surface area contributed by atoms with Crippen molar-refractivity contribution in [2.24, 2.45) is 5.84 Å². The Hall–Kier alpha value is -1.67. The summed E-state index contributed by atoms with van der Waals surface area (Å²) in [6, 6.07) is 0. The van der Waals surface area contributed by atoms with Gasteiger partial charge in [0.15, 0.2) is 0 Å². The van der Waals surface area contributed by atoms with Crippen LogP contribution in [-0.2, 0) is 0 Å². The van der Waals surface area contributed by atoms with E-state index in [1.54, 1.807) is 0 Å². The van der Waals surface area contributed by atoms with Gasteiger partial charge in [-0.15, -0.1) is 0 Å². The van der Waals surface area contributed by atoms with Crippen LogP contribution in [0.5, 0.6) is 0 Å². The van der Waals surface area contributed by atoms with Crippen LogP contribution in [0.4, 0.5) is 17.8 Å². The highest BCUT2D eigenvalue weighted by molar-refractivity contribution is 5.46. The molecule has 0 radical (unpaired) electrons. The molecule has 2 saturated heterocycles. The van der Waals surface area contributed by atoms with Gasteiger partial charge in [0.05, 0.1) is 5.60 Å². The third-order valence-corrected chi connectivity index (χ3v) is 3.86. The average Bonchev–Trinajstić information content (AvgIpc) is 3.07. The highest BCUT2D eigenvalue weighted by Crippen LogP contribution is 2.26. The molecule has 0 bridgehead atoms. The van der Waals surface area contributed by atoms with E-state index in [4.69, 9.17) is 5.84 Å². The predicted molar refractivity (Wildman–Crippen MR) is 76.5 cm³/mol. The van der Waals surface area contributed by atoms with Crippen LogP contribution in [0.15, 0.2) is 0 Å². The van der Waals surface area contributed by atoms with Crippen molar-refractivity contribution >= 4 is 17.8 Å². The largest absolute Gasteiger partial charge is 0.388 e. The number of β-amino-alcohol motifs (C(OH)–C–C–N with tert-alkyl or cyclic N) is 1. The van der Waals surface area contributed by atoms with Crippen LogP contribution in [0.1, 0.15) is 26.2 Å². The Kier molecular flexibility index (Phi) is 3.35. The zero-order valence-corrected chi connectivity index (χ0v) is 11.7. The molecular formula is C12H21N7O. The normalized spacial score (nSPS) is 26.4. The molecule has 1 atom stereocenters. The number of aromatic nitrogens is 3. The zero-order chi connectivity index (χ0) is 14.2. The molecule has 0 aromatic carbocycles. The van der Waals surface area contributed by atoms with E-state index in [0.29, 0.717) is 30.8 Å².